The predicted octanol–water partition coefficient (Wildman–Crippen LogP) is 2.06. The minimum atomic E-state index is -1.15. The van der Waals surface area contributed by atoms with Crippen LogP contribution in [0, 0.1) is 0 Å². The van der Waals surface area contributed by atoms with Gasteiger partial charge in [0.2, 0.25) is 0 Å². The minimum Gasteiger partial charge on any atom is -0.478 e. The lowest BCUT2D eigenvalue weighted by atomic mass is 9.97. The maximum Gasteiger partial charge on any atom is 0.338 e. The normalized spacial score (nSPS) is 10.0. The van der Waals surface area contributed by atoms with Gasteiger partial charge in [-0.3, -0.25) is 4.79 Å². The number of carbonyl (C=O) groups excluding carboxylic acids is 2. The number of hydrogen-bond acceptors (Lipinski definition) is 5. The number of aromatic carboxylic acids is 1. The zero-order valence-corrected chi connectivity index (χ0v) is 12.0. The second-order valence-corrected chi connectivity index (χ2v) is 4.16. The van der Waals surface area contributed by atoms with Crippen molar-refractivity contribution in [3.8, 4) is 0 Å². The lowest BCUT2D eigenvalue weighted by Gasteiger charge is -2.11. The molecule has 114 valence electrons. The van der Waals surface area contributed by atoms with Gasteiger partial charge in [0, 0.05) is 6.42 Å². The Hall–Kier alpha value is -2.37. The Balaban J connectivity index is 3.08. The molecule has 0 unspecified atom stereocenters. The molecule has 0 saturated heterocycles. The molecule has 0 saturated carbocycles. The summed E-state index contributed by atoms with van der Waals surface area (Å²) < 4.78 is 9.72. The summed E-state index contributed by atoms with van der Waals surface area (Å²) in [6.07, 6.45) is 0.111. The van der Waals surface area contributed by atoms with Gasteiger partial charge in [0.25, 0.3) is 0 Å². The molecule has 1 rings (SSSR count). The standard InChI is InChI=1S/C15H18O6/c1-3-20-13(16)9-8-10-11(14(17)18)6-5-7-12(10)15(19)21-4-2/h5-7H,3-4,8-9H2,1-2H3,(H,17,18). The molecule has 0 atom stereocenters. The maximum atomic E-state index is 11.9. The quantitative estimate of drug-likeness (QED) is 0.774. The summed E-state index contributed by atoms with van der Waals surface area (Å²) in [4.78, 5) is 34.6. The highest BCUT2D eigenvalue weighted by molar-refractivity contribution is 5.97. The molecule has 0 bridgehead atoms. The summed E-state index contributed by atoms with van der Waals surface area (Å²) in [5.74, 6) is -2.19. The molecule has 0 amide bonds. The van der Waals surface area contributed by atoms with Gasteiger partial charge in [-0.1, -0.05) is 6.07 Å². The summed E-state index contributed by atoms with van der Waals surface area (Å²) in [6, 6.07) is 4.36. The second-order valence-electron chi connectivity index (χ2n) is 4.16. The zero-order valence-electron chi connectivity index (χ0n) is 12.0. The summed E-state index contributed by atoms with van der Waals surface area (Å²) in [5.41, 5.74) is 0.447. The first-order valence-corrected chi connectivity index (χ1v) is 6.69. The molecule has 0 fully saturated rings. The van der Waals surface area contributed by atoms with E-state index in [1.165, 1.54) is 18.2 Å². The van der Waals surface area contributed by atoms with Crippen molar-refractivity contribution in [2.75, 3.05) is 13.2 Å². The summed E-state index contributed by atoms with van der Waals surface area (Å²) >= 11 is 0. The minimum absolute atomic E-state index is 0.00450. The fourth-order valence-corrected chi connectivity index (χ4v) is 1.92. The van der Waals surface area contributed by atoms with E-state index in [9.17, 15) is 19.5 Å². The van der Waals surface area contributed by atoms with E-state index in [4.69, 9.17) is 9.47 Å². The molecule has 0 spiro atoms. The molecule has 1 N–H and O–H groups in total. The molecule has 6 heteroatoms. The van der Waals surface area contributed by atoms with Crippen LogP contribution in [0.2, 0.25) is 0 Å². The number of carboxylic acid groups (broad SMARTS) is 1. The number of ether oxygens (including phenoxy) is 2. The van der Waals surface area contributed by atoms with Gasteiger partial charge in [-0.15, -0.1) is 0 Å². The van der Waals surface area contributed by atoms with Crippen LogP contribution >= 0.6 is 0 Å². The van der Waals surface area contributed by atoms with E-state index >= 15 is 0 Å². The van der Waals surface area contributed by atoms with Crippen LogP contribution in [0.25, 0.3) is 0 Å². The molecular weight excluding hydrogens is 276 g/mol. The second kappa shape index (κ2) is 8.04. The Labute approximate surface area is 122 Å². The summed E-state index contributed by atoms with van der Waals surface area (Å²) in [7, 11) is 0. The van der Waals surface area contributed by atoms with Crippen LogP contribution in [0.1, 0.15) is 46.5 Å². The topological polar surface area (TPSA) is 89.9 Å². The molecular formula is C15H18O6. The van der Waals surface area contributed by atoms with Gasteiger partial charge in [-0.2, -0.15) is 0 Å². The Kier molecular flexibility index (Phi) is 6.39. The number of carboxylic acids is 1. The summed E-state index contributed by atoms with van der Waals surface area (Å²) in [5, 5.41) is 9.20. The molecule has 0 heterocycles. The van der Waals surface area contributed by atoms with E-state index < -0.39 is 17.9 Å². The van der Waals surface area contributed by atoms with Gasteiger partial charge in [-0.25, -0.2) is 9.59 Å². The number of benzene rings is 1. The van der Waals surface area contributed by atoms with Crippen LogP contribution in [0.15, 0.2) is 18.2 Å². The average molecular weight is 294 g/mol. The third-order valence-electron chi connectivity index (χ3n) is 2.79. The van der Waals surface area contributed by atoms with Gasteiger partial charge >= 0.3 is 17.9 Å². The van der Waals surface area contributed by atoms with Gasteiger partial charge in [0.1, 0.15) is 0 Å². The van der Waals surface area contributed by atoms with E-state index in [-0.39, 0.29) is 42.7 Å². The highest BCUT2D eigenvalue weighted by Crippen LogP contribution is 2.19. The molecule has 21 heavy (non-hydrogen) atoms. The maximum absolute atomic E-state index is 11.9. The lowest BCUT2D eigenvalue weighted by Crippen LogP contribution is -2.14. The van der Waals surface area contributed by atoms with Crippen LogP contribution in [-0.4, -0.2) is 36.2 Å². The highest BCUT2D eigenvalue weighted by atomic mass is 16.5. The molecule has 0 radical (unpaired) electrons. The SMILES string of the molecule is CCOC(=O)CCc1c(C(=O)O)cccc1C(=O)OCC. The van der Waals surface area contributed by atoms with Crippen molar-refractivity contribution in [3.05, 3.63) is 34.9 Å². The molecule has 0 aliphatic carbocycles. The Morgan fingerprint density at radius 2 is 1.67 bits per heavy atom. The number of hydrogen-bond donors (Lipinski definition) is 1. The van der Waals surface area contributed by atoms with Crippen molar-refractivity contribution in [1.82, 2.24) is 0 Å². The van der Waals surface area contributed by atoms with Gasteiger partial charge < -0.3 is 14.6 Å². The molecule has 0 aliphatic heterocycles. The van der Waals surface area contributed by atoms with Crippen molar-refractivity contribution in [1.29, 1.82) is 0 Å². The smallest absolute Gasteiger partial charge is 0.338 e. The van der Waals surface area contributed by atoms with E-state index in [1.807, 2.05) is 0 Å². The van der Waals surface area contributed by atoms with Crippen LogP contribution in [0.3, 0.4) is 0 Å². The van der Waals surface area contributed by atoms with Gasteiger partial charge in [0.05, 0.1) is 24.3 Å². The van der Waals surface area contributed by atoms with E-state index in [1.54, 1.807) is 13.8 Å². The molecule has 0 aromatic heterocycles. The van der Waals surface area contributed by atoms with Gasteiger partial charge in [0.15, 0.2) is 0 Å². The first kappa shape index (κ1) is 16.7. The van der Waals surface area contributed by atoms with Crippen molar-refractivity contribution in [3.63, 3.8) is 0 Å². The molecule has 0 aliphatic rings. The molecule has 1 aromatic rings. The predicted molar refractivity (Wildman–Crippen MR) is 74.3 cm³/mol. The monoisotopic (exact) mass is 294 g/mol. The van der Waals surface area contributed by atoms with Crippen LogP contribution in [-0.2, 0) is 20.7 Å². The van der Waals surface area contributed by atoms with E-state index in [0.29, 0.717) is 0 Å². The van der Waals surface area contributed by atoms with Crippen LogP contribution in [0.5, 0.6) is 0 Å². The highest BCUT2D eigenvalue weighted by Gasteiger charge is 2.20. The third kappa shape index (κ3) is 4.59. The fourth-order valence-electron chi connectivity index (χ4n) is 1.92. The number of esters is 2. The fraction of sp³-hybridized carbons (Fsp3) is 0.400. The Morgan fingerprint density at radius 1 is 1.05 bits per heavy atom. The molecule has 1 aromatic carbocycles. The summed E-state index contributed by atoms with van der Waals surface area (Å²) in [6.45, 7) is 3.79. The zero-order chi connectivity index (χ0) is 15.8. The lowest BCUT2D eigenvalue weighted by molar-refractivity contribution is -0.143. The van der Waals surface area contributed by atoms with Crippen molar-refractivity contribution < 1.29 is 29.0 Å². The first-order valence-electron chi connectivity index (χ1n) is 6.69. The van der Waals surface area contributed by atoms with E-state index in [0.717, 1.165) is 0 Å². The Bertz CT molecular complexity index is 535. The first-order chi connectivity index (χ1) is 10.0. The Morgan fingerprint density at radius 3 is 2.24 bits per heavy atom. The average Bonchev–Trinajstić information content (AvgIpc) is 2.45. The van der Waals surface area contributed by atoms with E-state index in [2.05, 4.69) is 0 Å². The number of rotatable bonds is 7. The van der Waals surface area contributed by atoms with Crippen LogP contribution in [0.4, 0.5) is 0 Å². The van der Waals surface area contributed by atoms with Crippen molar-refractivity contribution in [2.24, 2.45) is 0 Å². The third-order valence-corrected chi connectivity index (χ3v) is 2.79. The molecule has 6 nitrogen and oxygen atoms in total. The largest absolute Gasteiger partial charge is 0.478 e. The van der Waals surface area contributed by atoms with Crippen molar-refractivity contribution >= 4 is 17.9 Å². The number of carbonyl (C=O) groups is 3. The van der Waals surface area contributed by atoms with Crippen molar-refractivity contribution in [2.45, 2.75) is 26.7 Å². The van der Waals surface area contributed by atoms with Crippen LogP contribution < -0.4 is 0 Å². The van der Waals surface area contributed by atoms with Gasteiger partial charge in [-0.05, 0) is 38.0 Å².